The minimum absolute atomic E-state index is 0.255. The van der Waals surface area contributed by atoms with E-state index >= 15 is 0 Å². The van der Waals surface area contributed by atoms with E-state index in [2.05, 4.69) is 20.8 Å². The Balaban J connectivity index is 1.76. The zero-order valence-electron chi connectivity index (χ0n) is 19.1. The molecule has 0 aliphatic heterocycles. The van der Waals surface area contributed by atoms with Gasteiger partial charge in [-0.05, 0) is 47.7 Å². The fourth-order valence-corrected chi connectivity index (χ4v) is 3.36. The molecule has 0 heterocycles. The van der Waals surface area contributed by atoms with Crippen molar-refractivity contribution < 1.29 is 23.9 Å². The highest BCUT2D eigenvalue weighted by Crippen LogP contribution is 2.23. The van der Waals surface area contributed by atoms with Crippen LogP contribution in [0.1, 0.15) is 76.6 Å². The predicted octanol–water partition coefficient (Wildman–Crippen LogP) is 6.04. The molecule has 0 aromatic heterocycles. The van der Waals surface area contributed by atoms with Crippen molar-refractivity contribution in [2.45, 2.75) is 45.6 Å². The molecule has 3 aromatic carbocycles. The van der Waals surface area contributed by atoms with Crippen LogP contribution in [0, 0.1) is 0 Å². The van der Waals surface area contributed by atoms with Gasteiger partial charge in [0.05, 0.1) is 11.1 Å². The van der Waals surface area contributed by atoms with Crippen LogP contribution in [0.3, 0.4) is 0 Å². The lowest BCUT2D eigenvalue weighted by Crippen LogP contribution is -2.24. The van der Waals surface area contributed by atoms with Crippen LogP contribution in [0.4, 0.5) is 0 Å². The maximum Gasteiger partial charge on any atom is 0.360 e. The highest BCUT2D eigenvalue weighted by atomic mass is 16.6. The number of carbonyl (C=O) groups excluding carboxylic acids is 3. The highest BCUT2D eigenvalue weighted by Gasteiger charge is 2.29. The predicted molar refractivity (Wildman–Crippen MR) is 126 cm³/mol. The highest BCUT2D eigenvalue weighted by molar-refractivity contribution is 5.99. The first-order chi connectivity index (χ1) is 15.9. The molecule has 3 rings (SSSR count). The number of hydrogen-bond donors (Lipinski definition) is 0. The van der Waals surface area contributed by atoms with E-state index in [1.165, 1.54) is 0 Å². The quantitative estimate of drug-likeness (QED) is 0.313. The van der Waals surface area contributed by atoms with Crippen LogP contribution >= 0.6 is 0 Å². The van der Waals surface area contributed by atoms with Gasteiger partial charge in [0.1, 0.15) is 0 Å². The fraction of sp³-hybridized carbons (Fsp3) is 0.250. The Morgan fingerprint density at radius 1 is 0.727 bits per heavy atom. The second-order valence-electron chi connectivity index (χ2n) is 8.13. The average molecular weight is 445 g/mol. The largest absolute Gasteiger partial charge is 0.442 e. The summed E-state index contributed by atoms with van der Waals surface area (Å²) in [7, 11) is 0. The summed E-state index contributed by atoms with van der Waals surface area (Å²) in [6.45, 7) is 6.19. The Hall–Kier alpha value is -3.73. The summed E-state index contributed by atoms with van der Waals surface area (Å²) in [4.78, 5) is 38.2. The number of carbonyl (C=O) groups is 3. The van der Waals surface area contributed by atoms with Gasteiger partial charge in [0.25, 0.3) is 0 Å². The first-order valence-corrected chi connectivity index (χ1v) is 11.1. The molecule has 5 heteroatoms. The van der Waals surface area contributed by atoms with Crippen LogP contribution < -0.4 is 0 Å². The first-order valence-electron chi connectivity index (χ1n) is 11.1. The molecule has 33 heavy (non-hydrogen) atoms. The first kappa shape index (κ1) is 23.9. The molecule has 0 saturated carbocycles. The number of benzene rings is 3. The van der Waals surface area contributed by atoms with E-state index in [4.69, 9.17) is 9.47 Å². The summed E-state index contributed by atoms with van der Waals surface area (Å²) in [5.41, 5.74) is 3.17. The Morgan fingerprint density at radius 3 is 1.88 bits per heavy atom. The molecule has 0 spiro atoms. The summed E-state index contributed by atoms with van der Waals surface area (Å²) >= 11 is 0. The molecular formula is C28H28O5. The molecule has 0 saturated heterocycles. The average Bonchev–Trinajstić information content (AvgIpc) is 2.83. The van der Waals surface area contributed by atoms with Crippen molar-refractivity contribution in [2.24, 2.45) is 0 Å². The Labute approximate surface area is 194 Å². The van der Waals surface area contributed by atoms with Crippen LogP contribution in [0.25, 0.3) is 0 Å². The Morgan fingerprint density at radius 2 is 1.30 bits per heavy atom. The van der Waals surface area contributed by atoms with Gasteiger partial charge < -0.3 is 9.47 Å². The minimum atomic E-state index is -1.37. The molecular weight excluding hydrogens is 416 g/mol. The maximum absolute atomic E-state index is 12.9. The van der Waals surface area contributed by atoms with E-state index in [0.29, 0.717) is 17.0 Å². The summed E-state index contributed by atoms with van der Waals surface area (Å²) < 4.78 is 10.6. The van der Waals surface area contributed by atoms with E-state index in [1.54, 1.807) is 54.6 Å². The molecule has 0 fully saturated rings. The van der Waals surface area contributed by atoms with Gasteiger partial charge in [-0.15, -0.1) is 0 Å². The monoisotopic (exact) mass is 444 g/mol. The van der Waals surface area contributed by atoms with Gasteiger partial charge in [-0.25, -0.2) is 14.4 Å². The third-order valence-electron chi connectivity index (χ3n) is 5.28. The van der Waals surface area contributed by atoms with Crippen LogP contribution in [0.2, 0.25) is 0 Å². The zero-order valence-corrected chi connectivity index (χ0v) is 19.1. The van der Waals surface area contributed by atoms with Gasteiger partial charge in [-0.1, -0.05) is 81.8 Å². The van der Waals surface area contributed by atoms with Gasteiger partial charge in [-0.3, -0.25) is 0 Å². The molecule has 3 aromatic rings. The van der Waals surface area contributed by atoms with E-state index in [9.17, 15) is 14.4 Å². The number of hydrogen-bond acceptors (Lipinski definition) is 5. The molecule has 0 bridgehead atoms. The van der Waals surface area contributed by atoms with Gasteiger partial charge in [0.15, 0.2) is 0 Å². The van der Waals surface area contributed by atoms with Gasteiger partial charge in [0.2, 0.25) is 6.10 Å². The molecule has 5 nitrogen and oxygen atoms in total. The standard InChI is InChI=1S/C28H28O5/c1-4-8-20-11-13-23(14-12-20)27(30)33-28(31)25(22-9-6-5-7-10-22)32-26(29)24-17-15-21(16-18-24)19(2)3/h5-7,9-19,25H,4,8H2,1-3H3. The Bertz CT molecular complexity index is 1080. The lowest BCUT2D eigenvalue weighted by atomic mass is 10.0. The van der Waals surface area contributed by atoms with Crippen molar-refractivity contribution in [1.29, 1.82) is 0 Å². The molecule has 1 atom stereocenters. The van der Waals surface area contributed by atoms with Gasteiger partial charge in [0, 0.05) is 5.56 Å². The third kappa shape index (κ3) is 6.39. The van der Waals surface area contributed by atoms with Crippen LogP contribution in [0.5, 0.6) is 0 Å². The summed E-state index contributed by atoms with van der Waals surface area (Å²) in [6.07, 6.45) is 0.525. The fourth-order valence-electron chi connectivity index (χ4n) is 3.36. The smallest absolute Gasteiger partial charge is 0.360 e. The van der Waals surface area contributed by atoms with Crippen molar-refractivity contribution in [3.63, 3.8) is 0 Å². The molecule has 170 valence electrons. The second-order valence-corrected chi connectivity index (χ2v) is 8.13. The van der Waals surface area contributed by atoms with Crippen molar-refractivity contribution in [1.82, 2.24) is 0 Å². The molecule has 0 N–H and O–H groups in total. The lowest BCUT2D eigenvalue weighted by molar-refractivity contribution is -0.148. The van der Waals surface area contributed by atoms with Gasteiger partial charge >= 0.3 is 17.9 Å². The number of aryl methyl sites for hydroxylation is 1. The number of rotatable bonds is 8. The van der Waals surface area contributed by atoms with E-state index in [1.807, 2.05) is 24.3 Å². The van der Waals surface area contributed by atoms with Crippen molar-refractivity contribution in [3.05, 3.63) is 107 Å². The summed E-state index contributed by atoms with van der Waals surface area (Å²) in [5.74, 6) is -2.09. The third-order valence-corrected chi connectivity index (χ3v) is 5.28. The van der Waals surface area contributed by atoms with Crippen molar-refractivity contribution in [2.75, 3.05) is 0 Å². The normalized spacial score (nSPS) is 11.6. The topological polar surface area (TPSA) is 69.7 Å². The van der Waals surface area contributed by atoms with Crippen LogP contribution in [0.15, 0.2) is 78.9 Å². The van der Waals surface area contributed by atoms with Crippen LogP contribution in [-0.4, -0.2) is 17.9 Å². The molecule has 0 aliphatic rings. The molecule has 0 radical (unpaired) electrons. The molecule has 0 aliphatic carbocycles. The minimum Gasteiger partial charge on any atom is -0.442 e. The molecule has 0 amide bonds. The lowest BCUT2D eigenvalue weighted by Gasteiger charge is -2.17. The van der Waals surface area contributed by atoms with Crippen LogP contribution in [-0.2, 0) is 20.7 Å². The Kier molecular flexibility index (Phi) is 8.14. The van der Waals surface area contributed by atoms with E-state index in [0.717, 1.165) is 24.0 Å². The summed E-state index contributed by atoms with van der Waals surface area (Å²) in [6, 6.07) is 22.4. The van der Waals surface area contributed by atoms with Crippen molar-refractivity contribution >= 4 is 17.9 Å². The second kappa shape index (κ2) is 11.2. The van der Waals surface area contributed by atoms with Gasteiger partial charge in [-0.2, -0.15) is 0 Å². The number of esters is 3. The zero-order chi connectivity index (χ0) is 23.8. The number of ether oxygens (including phenoxy) is 2. The SMILES string of the molecule is CCCc1ccc(C(=O)OC(=O)C(OC(=O)c2ccc(C(C)C)cc2)c2ccccc2)cc1. The van der Waals surface area contributed by atoms with Crippen molar-refractivity contribution in [3.8, 4) is 0 Å². The van der Waals surface area contributed by atoms with E-state index in [-0.39, 0.29) is 5.56 Å². The maximum atomic E-state index is 12.9. The summed E-state index contributed by atoms with van der Waals surface area (Å²) in [5, 5.41) is 0. The molecule has 1 unspecified atom stereocenters. The van der Waals surface area contributed by atoms with E-state index < -0.39 is 24.0 Å².